The number of carbonyl (C=O) groups excluding carboxylic acids is 1. The zero-order valence-electron chi connectivity index (χ0n) is 13.4. The molecule has 1 aromatic heterocycles. The van der Waals surface area contributed by atoms with Gasteiger partial charge in [-0.05, 0) is 41.3 Å². The van der Waals surface area contributed by atoms with Gasteiger partial charge in [-0.2, -0.15) is 5.10 Å². The third kappa shape index (κ3) is 3.06. The van der Waals surface area contributed by atoms with Crippen molar-refractivity contribution in [2.45, 2.75) is 12.5 Å². The molecule has 0 saturated heterocycles. The van der Waals surface area contributed by atoms with Crippen LogP contribution in [0.25, 0.3) is 0 Å². The van der Waals surface area contributed by atoms with Gasteiger partial charge in [0.1, 0.15) is 5.75 Å². The Hall–Kier alpha value is -2.92. The van der Waals surface area contributed by atoms with Crippen molar-refractivity contribution in [3.8, 4) is 5.75 Å². The lowest BCUT2D eigenvalue weighted by Gasteiger charge is -2.22. The summed E-state index contributed by atoms with van der Waals surface area (Å²) in [4.78, 5) is 14.1. The Morgan fingerprint density at radius 3 is 2.48 bits per heavy atom. The molecule has 1 aliphatic rings. The van der Waals surface area contributed by atoms with Gasteiger partial charge in [-0.15, -0.1) is 11.3 Å². The zero-order chi connectivity index (χ0) is 17.2. The molecule has 4 rings (SSSR count). The Balaban J connectivity index is 1.72. The molecule has 1 atom stereocenters. The van der Waals surface area contributed by atoms with Crippen LogP contribution in [0.5, 0.6) is 5.75 Å². The number of aromatic hydroxyl groups is 1. The minimum absolute atomic E-state index is 0.120. The number of hydrogen-bond donors (Lipinski definition) is 1. The largest absolute Gasteiger partial charge is 0.508 e. The van der Waals surface area contributed by atoms with Crippen molar-refractivity contribution in [2.24, 2.45) is 5.10 Å². The minimum Gasteiger partial charge on any atom is -0.508 e. The molecule has 2 heterocycles. The lowest BCUT2D eigenvalue weighted by atomic mass is 10.0. The third-order valence-electron chi connectivity index (χ3n) is 4.22. The van der Waals surface area contributed by atoms with Gasteiger partial charge in [0.25, 0.3) is 5.91 Å². The van der Waals surface area contributed by atoms with Crippen molar-refractivity contribution in [2.75, 3.05) is 0 Å². The van der Waals surface area contributed by atoms with Crippen LogP contribution in [0, 0.1) is 0 Å². The highest BCUT2D eigenvalue weighted by molar-refractivity contribution is 7.12. The predicted molar refractivity (Wildman–Crippen MR) is 98.9 cm³/mol. The normalized spacial score (nSPS) is 16.7. The average molecular weight is 348 g/mol. The molecule has 0 aliphatic carbocycles. The quantitative estimate of drug-likeness (QED) is 0.760. The second kappa shape index (κ2) is 6.53. The van der Waals surface area contributed by atoms with Crippen LogP contribution in [-0.2, 0) is 0 Å². The Labute approximate surface area is 149 Å². The van der Waals surface area contributed by atoms with Gasteiger partial charge in [-0.1, -0.05) is 36.4 Å². The molecular weight excluding hydrogens is 332 g/mol. The van der Waals surface area contributed by atoms with E-state index in [1.807, 2.05) is 47.8 Å². The van der Waals surface area contributed by atoms with Gasteiger partial charge in [0, 0.05) is 12.0 Å². The first-order valence-electron chi connectivity index (χ1n) is 8.01. The number of benzene rings is 2. The summed E-state index contributed by atoms with van der Waals surface area (Å²) in [6.45, 7) is 0. The second-order valence-electron chi connectivity index (χ2n) is 5.85. The summed E-state index contributed by atoms with van der Waals surface area (Å²) < 4.78 is 0. The van der Waals surface area contributed by atoms with Crippen molar-refractivity contribution < 1.29 is 9.90 Å². The molecule has 1 amide bonds. The van der Waals surface area contributed by atoms with E-state index in [1.165, 1.54) is 0 Å². The summed E-state index contributed by atoms with van der Waals surface area (Å²) in [6.07, 6.45) is 0.657. The number of phenolic OH excluding ortho intramolecular Hbond substituents is 1. The van der Waals surface area contributed by atoms with E-state index in [4.69, 9.17) is 0 Å². The molecule has 25 heavy (non-hydrogen) atoms. The maximum atomic E-state index is 13.0. The maximum Gasteiger partial charge on any atom is 0.274 e. The molecule has 2 aromatic carbocycles. The number of carbonyl (C=O) groups is 1. The summed E-state index contributed by atoms with van der Waals surface area (Å²) in [5.74, 6) is 0.0901. The Kier molecular flexibility index (Phi) is 4.07. The van der Waals surface area contributed by atoms with Crippen LogP contribution < -0.4 is 0 Å². The fourth-order valence-corrected chi connectivity index (χ4v) is 3.68. The van der Waals surface area contributed by atoms with E-state index in [-0.39, 0.29) is 17.7 Å². The highest BCUT2D eigenvalue weighted by atomic mass is 32.1. The third-order valence-corrected chi connectivity index (χ3v) is 5.14. The van der Waals surface area contributed by atoms with Gasteiger partial charge >= 0.3 is 0 Å². The number of hydrogen-bond acceptors (Lipinski definition) is 4. The van der Waals surface area contributed by atoms with Crippen LogP contribution in [0.1, 0.15) is 33.3 Å². The molecule has 0 saturated carbocycles. The highest BCUT2D eigenvalue weighted by Crippen LogP contribution is 2.35. The Morgan fingerprint density at radius 1 is 1.04 bits per heavy atom. The van der Waals surface area contributed by atoms with Gasteiger partial charge in [-0.3, -0.25) is 4.79 Å². The molecule has 1 N–H and O–H groups in total. The van der Waals surface area contributed by atoms with E-state index in [1.54, 1.807) is 40.6 Å². The lowest BCUT2D eigenvalue weighted by Crippen LogP contribution is -2.27. The fraction of sp³-hybridized carbons (Fsp3) is 0.100. The van der Waals surface area contributed by atoms with Crippen LogP contribution in [-0.4, -0.2) is 21.7 Å². The molecule has 1 unspecified atom stereocenters. The molecule has 1 aliphatic heterocycles. The minimum atomic E-state index is -0.176. The molecular formula is C20H16N2O2S. The van der Waals surface area contributed by atoms with Crippen LogP contribution in [0.3, 0.4) is 0 Å². The van der Waals surface area contributed by atoms with Gasteiger partial charge in [-0.25, -0.2) is 5.01 Å². The van der Waals surface area contributed by atoms with Crippen LogP contribution >= 0.6 is 11.3 Å². The molecule has 5 heteroatoms. The number of amides is 1. The molecule has 0 bridgehead atoms. The second-order valence-corrected chi connectivity index (χ2v) is 6.80. The first-order chi connectivity index (χ1) is 12.2. The first kappa shape index (κ1) is 15.6. The summed E-state index contributed by atoms with van der Waals surface area (Å²) in [5, 5.41) is 17.8. The number of hydrazone groups is 1. The summed E-state index contributed by atoms with van der Waals surface area (Å²) in [6, 6.07) is 20.0. The molecule has 0 spiro atoms. The molecule has 3 aromatic rings. The van der Waals surface area contributed by atoms with E-state index in [0.29, 0.717) is 12.0 Å². The predicted octanol–water partition coefficient (Wildman–Crippen LogP) is 4.45. The van der Waals surface area contributed by atoms with E-state index < -0.39 is 0 Å². The van der Waals surface area contributed by atoms with Crippen LogP contribution in [0.4, 0.5) is 0 Å². The Morgan fingerprint density at radius 2 is 1.80 bits per heavy atom. The number of thiophene rings is 1. The molecule has 0 radical (unpaired) electrons. The molecule has 124 valence electrons. The average Bonchev–Trinajstić information content (AvgIpc) is 3.32. The number of rotatable bonds is 3. The van der Waals surface area contributed by atoms with Gasteiger partial charge < -0.3 is 5.11 Å². The number of phenols is 1. The fourth-order valence-electron chi connectivity index (χ4n) is 2.96. The van der Waals surface area contributed by atoms with Crippen molar-refractivity contribution in [3.63, 3.8) is 0 Å². The summed E-state index contributed by atoms with van der Waals surface area (Å²) >= 11 is 1.62. The smallest absolute Gasteiger partial charge is 0.274 e. The van der Waals surface area contributed by atoms with Crippen LogP contribution in [0.2, 0.25) is 0 Å². The van der Waals surface area contributed by atoms with Crippen LogP contribution in [0.15, 0.2) is 77.2 Å². The van der Waals surface area contributed by atoms with Crippen molar-refractivity contribution in [1.29, 1.82) is 0 Å². The topological polar surface area (TPSA) is 52.9 Å². The standard InChI is InChI=1S/C20H16N2O2S/c23-16-10-8-14(9-11-16)18-13-17(19-7-4-12-25-19)21-22(18)20(24)15-5-2-1-3-6-15/h1-12,18,23H,13H2. The van der Waals surface area contributed by atoms with E-state index >= 15 is 0 Å². The van der Waals surface area contributed by atoms with Crippen molar-refractivity contribution in [3.05, 3.63) is 88.1 Å². The monoisotopic (exact) mass is 348 g/mol. The molecule has 4 nitrogen and oxygen atoms in total. The van der Waals surface area contributed by atoms with E-state index in [0.717, 1.165) is 16.2 Å². The highest BCUT2D eigenvalue weighted by Gasteiger charge is 2.33. The SMILES string of the molecule is O=C(c1ccccc1)N1N=C(c2cccs2)CC1c1ccc(O)cc1. The van der Waals surface area contributed by atoms with Crippen molar-refractivity contribution >= 4 is 23.0 Å². The Bertz CT molecular complexity index is 903. The summed E-state index contributed by atoms with van der Waals surface area (Å²) in [5.41, 5.74) is 2.48. The maximum absolute atomic E-state index is 13.0. The lowest BCUT2D eigenvalue weighted by molar-refractivity contribution is 0.0711. The van der Waals surface area contributed by atoms with E-state index in [2.05, 4.69) is 5.10 Å². The summed E-state index contributed by atoms with van der Waals surface area (Å²) in [7, 11) is 0. The van der Waals surface area contributed by atoms with Gasteiger partial charge in [0.05, 0.1) is 16.6 Å². The van der Waals surface area contributed by atoms with E-state index in [9.17, 15) is 9.90 Å². The van der Waals surface area contributed by atoms with Gasteiger partial charge in [0.2, 0.25) is 0 Å². The number of nitrogens with zero attached hydrogens (tertiary/aromatic N) is 2. The zero-order valence-corrected chi connectivity index (χ0v) is 14.2. The van der Waals surface area contributed by atoms with Gasteiger partial charge in [0.15, 0.2) is 0 Å². The first-order valence-corrected chi connectivity index (χ1v) is 8.89. The molecule has 0 fully saturated rings. The van der Waals surface area contributed by atoms with Crippen molar-refractivity contribution in [1.82, 2.24) is 5.01 Å².